The Kier molecular flexibility index (Phi) is 4.97. The van der Waals surface area contributed by atoms with Gasteiger partial charge in [-0.1, -0.05) is 30.3 Å². The van der Waals surface area contributed by atoms with Crippen molar-refractivity contribution in [2.24, 2.45) is 17.8 Å². The van der Waals surface area contributed by atoms with E-state index in [2.05, 4.69) is 5.32 Å². The SMILES string of the molecule is O=C(N1C[C@H]2CCNCC[C@H]2C1)[C@](O)(c1ccccc1)[C@@H]1CCC(F)(F)C1. The normalized spacial score (nSPS) is 32.6. The summed E-state index contributed by atoms with van der Waals surface area (Å²) in [5.41, 5.74) is -1.44. The van der Waals surface area contributed by atoms with Crippen molar-refractivity contribution < 1.29 is 18.7 Å². The van der Waals surface area contributed by atoms with Crippen LogP contribution < -0.4 is 5.32 Å². The number of halogens is 2. The summed E-state index contributed by atoms with van der Waals surface area (Å²) < 4.78 is 27.8. The third kappa shape index (κ3) is 3.49. The molecule has 0 unspecified atom stereocenters. The van der Waals surface area contributed by atoms with Crippen LogP contribution in [0.3, 0.4) is 0 Å². The van der Waals surface area contributed by atoms with Gasteiger partial charge in [0.15, 0.2) is 5.60 Å². The van der Waals surface area contributed by atoms with E-state index in [1.165, 1.54) is 0 Å². The van der Waals surface area contributed by atoms with Crippen LogP contribution >= 0.6 is 0 Å². The zero-order chi connectivity index (χ0) is 19.1. The molecule has 0 radical (unpaired) electrons. The van der Waals surface area contributed by atoms with E-state index in [9.17, 15) is 18.7 Å². The lowest BCUT2D eigenvalue weighted by Gasteiger charge is -2.36. The number of benzene rings is 1. The van der Waals surface area contributed by atoms with Gasteiger partial charge < -0.3 is 15.3 Å². The molecule has 4 atom stereocenters. The highest BCUT2D eigenvalue weighted by Crippen LogP contribution is 2.48. The van der Waals surface area contributed by atoms with E-state index >= 15 is 0 Å². The fourth-order valence-electron chi connectivity index (χ4n) is 5.23. The quantitative estimate of drug-likeness (QED) is 0.850. The van der Waals surface area contributed by atoms with E-state index in [-0.39, 0.29) is 12.8 Å². The van der Waals surface area contributed by atoms with Crippen LogP contribution in [0, 0.1) is 17.8 Å². The lowest BCUT2D eigenvalue weighted by Crippen LogP contribution is -2.50. The predicted molar refractivity (Wildman–Crippen MR) is 98.3 cm³/mol. The Bertz CT molecular complexity index is 670. The molecule has 3 aliphatic rings. The molecule has 4 nitrogen and oxygen atoms in total. The Morgan fingerprint density at radius 2 is 1.74 bits per heavy atom. The molecular weight excluding hydrogens is 350 g/mol. The number of aliphatic hydroxyl groups is 1. The number of hydrogen-bond acceptors (Lipinski definition) is 3. The second kappa shape index (κ2) is 7.13. The molecule has 2 N–H and O–H groups in total. The van der Waals surface area contributed by atoms with Gasteiger partial charge in [-0.25, -0.2) is 8.78 Å². The third-order valence-corrected chi connectivity index (χ3v) is 6.78. The van der Waals surface area contributed by atoms with Crippen molar-refractivity contribution in [2.45, 2.75) is 43.6 Å². The first-order chi connectivity index (χ1) is 12.9. The van der Waals surface area contributed by atoms with Crippen LogP contribution in [-0.4, -0.2) is 48.0 Å². The van der Waals surface area contributed by atoms with Crippen LogP contribution in [0.5, 0.6) is 0 Å². The Morgan fingerprint density at radius 3 is 2.30 bits per heavy atom. The minimum absolute atomic E-state index is 0.161. The summed E-state index contributed by atoms with van der Waals surface area (Å²) in [6, 6.07) is 8.68. The maximum absolute atomic E-state index is 13.9. The molecule has 0 spiro atoms. The van der Waals surface area contributed by atoms with Crippen molar-refractivity contribution in [3.05, 3.63) is 35.9 Å². The number of carbonyl (C=O) groups is 1. The zero-order valence-electron chi connectivity index (χ0n) is 15.5. The molecule has 0 bridgehead atoms. The highest BCUT2D eigenvalue weighted by molar-refractivity contribution is 5.87. The van der Waals surface area contributed by atoms with Gasteiger partial charge in [-0.3, -0.25) is 4.79 Å². The van der Waals surface area contributed by atoms with Gasteiger partial charge in [0.1, 0.15) is 0 Å². The summed E-state index contributed by atoms with van der Waals surface area (Å²) in [4.78, 5) is 15.3. The van der Waals surface area contributed by atoms with Crippen LogP contribution in [-0.2, 0) is 10.4 Å². The van der Waals surface area contributed by atoms with Gasteiger partial charge in [0.2, 0.25) is 5.92 Å². The van der Waals surface area contributed by atoms with Crippen LogP contribution in [0.15, 0.2) is 30.3 Å². The summed E-state index contributed by atoms with van der Waals surface area (Å²) in [5, 5.41) is 15.0. The van der Waals surface area contributed by atoms with Gasteiger partial charge in [0, 0.05) is 31.8 Å². The fourth-order valence-corrected chi connectivity index (χ4v) is 5.23. The molecule has 1 aromatic rings. The second-order valence-electron chi connectivity index (χ2n) is 8.49. The molecule has 1 aliphatic carbocycles. The van der Waals surface area contributed by atoms with Crippen LogP contribution in [0.4, 0.5) is 8.78 Å². The lowest BCUT2D eigenvalue weighted by molar-refractivity contribution is -0.159. The van der Waals surface area contributed by atoms with Crippen molar-refractivity contribution in [2.75, 3.05) is 26.2 Å². The van der Waals surface area contributed by atoms with Crippen molar-refractivity contribution in [1.29, 1.82) is 0 Å². The molecule has 3 fully saturated rings. The van der Waals surface area contributed by atoms with Crippen molar-refractivity contribution >= 4 is 5.91 Å². The molecule has 2 heterocycles. The summed E-state index contributed by atoms with van der Waals surface area (Å²) in [6.07, 6.45) is 1.49. The van der Waals surface area contributed by atoms with Crippen LogP contribution in [0.1, 0.15) is 37.7 Å². The highest BCUT2D eigenvalue weighted by atomic mass is 19.3. The highest BCUT2D eigenvalue weighted by Gasteiger charge is 2.55. The molecule has 2 aliphatic heterocycles. The van der Waals surface area contributed by atoms with Gasteiger partial charge in [-0.05, 0) is 49.8 Å². The van der Waals surface area contributed by atoms with Gasteiger partial charge in [0.05, 0.1) is 0 Å². The van der Waals surface area contributed by atoms with E-state index < -0.39 is 29.8 Å². The zero-order valence-corrected chi connectivity index (χ0v) is 15.5. The monoisotopic (exact) mass is 378 g/mol. The van der Waals surface area contributed by atoms with Crippen LogP contribution in [0.2, 0.25) is 0 Å². The minimum Gasteiger partial charge on any atom is -0.375 e. The maximum Gasteiger partial charge on any atom is 0.259 e. The number of alkyl halides is 2. The molecule has 0 aromatic heterocycles. The molecule has 4 rings (SSSR count). The van der Waals surface area contributed by atoms with E-state index in [4.69, 9.17) is 0 Å². The Morgan fingerprint density at radius 1 is 1.11 bits per heavy atom. The van der Waals surface area contributed by atoms with Gasteiger partial charge in [0.25, 0.3) is 5.91 Å². The number of nitrogens with one attached hydrogen (secondary N) is 1. The van der Waals surface area contributed by atoms with Gasteiger partial charge >= 0.3 is 0 Å². The number of hydrogen-bond donors (Lipinski definition) is 2. The number of rotatable bonds is 3. The lowest BCUT2D eigenvalue weighted by atomic mass is 9.79. The number of likely N-dealkylation sites (tertiary alicyclic amines) is 1. The molecule has 148 valence electrons. The molecule has 27 heavy (non-hydrogen) atoms. The molecule has 2 saturated heterocycles. The summed E-state index contributed by atoms with van der Waals surface area (Å²) >= 11 is 0. The number of carbonyl (C=O) groups excluding carboxylic acids is 1. The second-order valence-corrected chi connectivity index (χ2v) is 8.49. The predicted octanol–water partition coefficient (Wildman–Crippen LogP) is 2.77. The number of fused-ring (bicyclic) bond motifs is 1. The van der Waals surface area contributed by atoms with Gasteiger partial charge in [-0.15, -0.1) is 0 Å². The smallest absolute Gasteiger partial charge is 0.259 e. The summed E-state index contributed by atoms with van der Waals surface area (Å²) in [6.45, 7) is 3.12. The topological polar surface area (TPSA) is 52.6 Å². The standard InChI is InChI=1S/C21H28F2N2O2/c22-20(23)9-6-18(12-20)21(27,17-4-2-1-3-5-17)19(26)25-13-15-7-10-24-11-8-16(15)14-25/h1-5,15-16,18,24,27H,6-14H2/t15-,16+,18-,21+/m1/s1. The largest absolute Gasteiger partial charge is 0.375 e. The average molecular weight is 378 g/mol. The van der Waals surface area contributed by atoms with Crippen molar-refractivity contribution in [1.82, 2.24) is 10.2 Å². The van der Waals surface area contributed by atoms with Crippen molar-refractivity contribution in [3.8, 4) is 0 Å². The first kappa shape index (κ1) is 18.8. The summed E-state index contributed by atoms with van der Waals surface area (Å²) in [5.74, 6) is -3.11. The first-order valence-corrected chi connectivity index (χ1v) is 10.1. The van der Waals surface area contributed by atoms with E-state index in [1.54, 1.807) is 35.2 Å². The van der Waals surface area contributed by atoms with E-state index in [0.29, 0.717) is 30.5 Å². The molecule has 1 aromatic carbocycles. The Labute approximate surface area is 158 Å². The van der Waals surface area contributed by atoms with E-state index in [1.807, 2.05) is 0 Å². The number of amides is 1. The minimum atomic E-state index is -2.81. The Balaban J connectivity index is 1.62. The first-order valence-electron chi connectivity index (χ1n) is 10.1. The van der Waals surface area contributed by atoms with E-state index in [0.717, 1.165) is 25.9 Å². The third-order valence-electron chi connectivity index (χ3n) is 6.78. The Hall–Kier alpha value is -1.53. The average Bonchev–Trinajstić information content (AvgIpc) is 3.17. The molecular formula is C21H28F2N2O2. The fraction of sp³-hybridized carbons (Fsp3) is 0.667. The molecule has 1 amide bonds. The van der Waals surface area contributed by atoms with Gasteiger partial charge in [-0.2, -0.15) is 0 Å². The molecule has 6 heteroatoms. The van der Waals surface area contributed by atoms with Crippen molar-refractivity contribution in [3.63, 3.8) is 0 Å². The number of nitrogens with zero attached hydrogens (tertiary/aromatic N) is 1. The molecule has 1 saturated carbocycles. The van der Waals surface area contributed by atoms with Crippen LogP contribution in [0.25, 0.3) is 0 Å². The summed E-state index contributed by atoms with van der Waals surface area (Å²) in [7, 11) is 0. The maximum atomic E-state index is 13.9.